The van der Waals surface area contributed by atoms with Crippen LogP contribution in [0.3, 0.4) is 0 Å². The molecule has 0 aromatic heterocycles. The lowest BCUT2D eigenvalue weighted by Gasteiger charge is -2.21. The highest BCUT2D eigenvalue weighted by molar-refractivity contribution is 5.65. The van der Waals surface area contributed by atoms with E-state index in [0.29, 0.717) is 11.4 Å². The summed E-state index contributed by atoms with van der Waals surface area (Å²) >= 11 is 0. The largest absolute Gasteiger partial charge is 0.495 e. The minimum atomic E-state index is -0.263. The molecule has 0 bridgehead atoms. The third-order valence-corrected chi connectivity index (χ3v) is 2.91. The molecule has 0 spiro atoms. The Morgan fingerprint density at radius 3 is 2.14 bits per heavy atom. The number of methoxy groups -OCH3 is 1. The van der Waals surface area contributed by atoms with Crippen LogP contribution in [-0.2, 0) is 5.41 Å². The topological polar surface area (TPSA) is 92.6 Å². The van der Waals surface area contributed by atoms with Gasteiger partial charge in [-0.05, 0) is 23.1 Å². The fraction of sp³-hybridized carbons (Fsp3) is 0.312. The number of ether oxygens (including phenoxy) is 1. The number of anilines is 1. The van der Waals surface area contributed by atoms with Crippen molar-refractivity contribution < 1.29 is 4.74 Å². The summed E-state index contributed by atoms with van der Waals surface area (Å²) in [5, 5.41) is 29.6. The maximum Gasteiger partial charge on any atom is 0.163 e. The molecule has 1 aromatic rings. The monoisotopic (exact) mass is 280 g/mol. The van der Waals surface area contributed by atoms with E-state index in [0.717, 1.165) is 5.56 Å². The highest BCUT2D eigenvalue weighted by Crippen LogP contribution is 2.32. The van der Waals surface area contributed by atoms with E-state index in [9.17, 15) is 0 Å². The highest BCUT2D eigenvalue weighted by atomic mass is 16.5. The minimum absolute atomic E-state index is 0.0769. The number of nitrogens with one attached hydrogen (secondary N) is 1. The Balaban J connectivity index is 3.37. The van der Waals surface area contributed by atoms with Crippen molar-refractivity contribution in [2.24, 2.45) is 0 Å². The van der Waals surface area contributed by atoms with Gasteiger partial charge in [0, 0.05) is 0 Å². The predicted molar refractivity (Wildman–Crippen MR) is 79.2 cm³/mol. The standard InChI is InChI=1S/C16H16N4O/c1-16(2,3)12-5-6-15(21-4)13(7-12)20-14(10-19)11(8-17)9-18/h5-7,20H,1-4H3. The molecule has 1 N–H and O–H groups in total. The number of rotatable bonds is 3. The lowest BCUT2D eigenvalue weighted by Crippen LogP contribution is -2.12. The molecule has 0 aliphatic heterocycles. The van der Waals surface area contributed by atoms with Gasteiger partial charge >= 0.3 is 0 Å². The van der Waals surface area contributed by atoms with Gasteiger partial charge in [0.1, 0.15) is 29.7 Å². The summed E-state index contributed by atoms with van der Waals surface area (Å²) in [4.78, 5) is 0. The molecule has 21 heavy (non-hydrogen) atoms. The lowest BCUT2D eigenvalue weighted by molar-refractivity contribution is 0.416. The van der Waals surface area contributed by atoms with Crippen LogP contribution in [0.5, 0.6) is 5.75 Å². The second-order valence-corrected chi connectivity index (χ2v) is 5.38. The van der Waals surface area contributed by atoms with Crippen molar-refractivity contribution in [3.8, 4) is 24.0 Å². The quantitative estimate of drug-likeness (QED) is 0.858. The van der Waals surface area contributed by atoms with Crippen LogP contribution in [0.25, 0.3) is 0 Å². The zero-order chi connectivity index (χ0) is 16.0. The molecular formula is C16H16N4O. The van der Waals surface area contributed by atoms with Gasteiger partial charge in [-0.25, -0.2) is 0 Å². The van der Waals surface area contributed by atoms with Gasteiger partial charge in [0.2, 0.25) is 0 Å². The van der Waals surface area contributed by atoms with Gasteiger partial charge in [-0.3, -0.25) is 0 Å². The molecule has 0 unspecified atom stereocenters. The first-order valence-electron chi connectivity index (χ1n) is 6.27. The van der Waals surface area contributed by atoms with Crippen LogP contribution in [0, 0.1) is 34.0 Å². The maximum absolute atomic E-state index is 9.10. The van der Waals surface area contributed by atoms with Gasteiger partial charge in [0.15, 0.2) is 5.57 Å². The van der Waals surface area contributed by atoms with Crippen molar-refractivity contribution in [2.45, 2.75) is 26.2 Å². The van der Waals surface area contributed by atoms with Crippen LogP contribution in [0.4, 0.5) is 5.69 Å². The summed E-state index contributed by atoms with van der Waals surface area (Å²) < 4.78 is 5.25. The van der Waals surface area contributed by atoms with E-state index in [2.05, 4.69) is 26.1 Å². The van der Waals surface area contributed by atoms with E-state index in [-0.39, 0.29) is 16.7 Å². The number of nitriles is 3. The third-order valence-electron chi connectivity index (χ3n) is 2.91. The van der Waals surface area contributed by atoms with Crippen molar-refractivity contribution in [1.82, 2.24) is 0 Å². The van der Waals surface area contributed by atoms with Crippen LogP contribution >= 0.6 is 0 Å². The van der Waals surface area contributed by atoms with Crippen molar-refractivity contribution in [3.63, 3.8) is 0 Å². The van der Waals surface area contributed by atoms with Crippen molar-refractivity contribution in [1.29, 1.82) is 15.8 Å². The second-order valence-electron chi connectivity index (χ2n) is 5.38. The molecule has 0 saturated heterocycles. The molecule has 1 rings (SSSR count). The molecule has 5 heteroatoms. The fourth-order valence-electron chi connectivity index (χ4n) is 1.69. The van der Waals surface area contributed by atoms with Crippen LogP contribution < -0.4 is 10.1 Å². The number of hydrogen-bond donors (Lipinski definition) is 1. The van der Waals surface area contributed by atoms with Gasteiger partial charge in [-0.1, -0.05) is 26.8 Å². The Labute approximate surface area is 124 Å². The molecule has 5 nitrogen and oxygen atoms in total. The van der Waals surface area contributed by atoms with E-state index < -0.39 is 0 Å². The SMILES string of the molecule is COc1ccc(C(C)(C)C)cc1NC(C#N)=C(C#N)C#N. The van der Waals surface area contributed by atoms with Gasteiger partial charge in [0.25, 0.3) is 0 Å². The first kappa shape index (κ1) is 16.1. The Morgan fingerprint density at radius 1 is 1.10 bits per heavy atom. The van der Waals surface area contributed by atoms with Crippen molar-refractivity contribution >= 4 is 5.69 Å². The molecular weight excluding hydrogens is 264 g/mol. The highest BCUT2D eigenvalue weighted by Gasteiger charge is 2.17. The average molecular weight is 280 g/mol. The smallest absolute Gasteiger partial charge is 0.163 e. The molecule has 0 fully saturated rings. The molecule has 0 heterocycles. The summed E-state index contributed by atoms with van der Waals surface area (Å²) in [5.74, 6) is 0.533. The van der Waals surface area contributed by atoms with E-state index in [1.807, 2.05) is 18.2 Å². The van der Waals surface area contributed by atoms with Crippen LogP contribution in [0.1, 0.15) is 26.3 Å². The molecule has 0 atom stereocenters. The van der Waals surface area contributed by atoms with Gasteiger partial charge in [-0.15, -0.1) is 0 Å². The lowest BCUT2D eigenvalue weighted by atomic mass is 9.87. The zero-order valence-corrected chi connectivity index (χ0v) is 12.5. The Morgan fingerprint density at radius 2 is 1.71 bits per heavy atom. The fourth-order valence-corrected chi connectivity index (χ4v) is 1.69. The van der Waals surface area contributed by atoms with Crippen molar-refractivity contribution in [3.05, 3.63) is 35.0 Å². The molecule has 0 aliphatic carbocycles. The summed E-state index contributed by atoms with van der Waals surface area (Å²) in [6.07, 6.45) is 0. The average Bonchev–Trinajstić information content (AvgIpc) is 2.46. The predicted octanol–water partition coefficient (Wildman–Crippen LogP) is 3.23. The molecule has 0 saturated carbocycles. The van der Waals surface area contributed by atoms with Gasteiger partial charge in [0.05, 0.1) is 12.8 Å². The Kier molecular flexibility index (Phi) is 4.95. The van der Waals surface area contributed by atoms with E-state index >= 15 is 0 Å². The number of allylic oxidation sites excluding steroid dienone is 2. The third kappa shape index (κ3) is 3.75. The minimum Gasteiger partial charge on any atom is -0.495 e. The number of hydrogen-bond acceptors (Lipinski definition) is 5. The molecule has 0 aliphatic rings. The van der Waals surface area contributed by atoms with Crippen LogP contribution in [0.2, 0.25) is 0 Å². The van der Waals surface area contributed by atoms with Crippen LogP contribution in [-0.4, -0.2) is 7.11 Å². The van der Waals surface area contributed by atoms with E-state index in [1.165, 1.54) is 7.11 Å². The van der Waals surface area contributed by atoms with Gasteiger partial charge < -0.3 is 10.1 Å². The maximum atomic E-state index is 9.10. The Bertz CT molecular complexity index is 675. The first-order valence-corrected chi connectivity index (χ1v) is 6.27. The number of nitrogens with zero attached hydrogens (tertiary/aromatic N) is 3. The normalized spacial score (nSPS) is 9.76. The molecule has 0 amide bonds. The molecule has 0 radical (unpaired) electrons. The second kappa shape index (κ2) is 6.46. The molecule has 106 valence electrons. The van der Waals surface area contributed by atoms with Crippen LogP contribution in [0.15, 0.2) is 29.5 Å². The van der Waals surface area contributed by atoms with E-state index in [1.54, 1.807) is 18.2 Å². The summed E-state index contributed by atoms with van der Waals surface area (Å²) in [7, 11) is 1.52. The Hall–Kier alpha value is -2.97. The summed E-state index contributed by atoms with van der Waals surface area (Å²) in [6.45, 7) is 6.20. The van der Waals surface area contributed by atoms with E-state index in [4.69, 9.17) is 20.5 Å². The number of benzene rings is 1. The first-order chi connectivity index (χ1) is 9.87. The summed E-state index contributed by atoms with van der Waals surface area (Å²) in [5.41, 5.74) is 1.15. The van der Waals surface area contributed by atoms with Crippen molar-refractivity contribution in [2.75, 3.05) is 12.4 Å². The zero-order valence-electron chi connectivity index (χ0n) is 12.5. The molecule has 1 aromatic carbocycles. The van der Waals surface area contributed by atoms with Gasteiger partial charge in [-0.2, -0.15) is 15.8 Å². The summed E-state index contributed by atoms with van der Waals surface area (Å²) in [6, 6.07) is 10.8.